The Bertz CT molecular complexity index is 427. The molecule has 1 aromatic rings. The largest absolute Gasteiger partial charge is 0.468 e. The van der Waals surface area contributed by atoms with Crippen LogP contribution < -0.4 is 0 Å². The maximum atomic E-state index is 12.9. The van der Waals surface area contributed by atoms with Crippen molar-refractivity contribution in [1.29, 1.82) is 0 Å². The van der Waals surface area contributed by atoms with E-state index in [0.717, 1.165) is 23.3 Å². The minimum atomic E-state index is -0.419. The first kappa shape index (κ1) is 11.5. The van der Waals surface area contributed by atoms with Crippen LogP contribution >= 0.6 is 11.8 Å². The monoisotopic (exact) mass is 240 g/mol. The van der Waals surface area contributed by atoms with Crippen molar-refractivity contribution in [2.24, 2.45) is 0 Å². The Morgan fingerprint density at radius 3 is 2.69 bits per heavy atom. The van der Waals surface area contributed by atoms with Crippen LogP contribution in [-0.4, -0.2) is 17.8 Å². The topological polar surface area (TPSA) is 26.3 Å². The Kier molecular flexibility index (Phi) is 2.93. The Hall–Kier alpha value is -1.03. The van der Waals surface area contributed by atoms with Crippen LogP contribution in [0.3, 0.4) is 0 Å². The van der Waals surface area contributed by atoms with Crippen LogP contribution in [0.25, 0.3) is 0 Å². The predicted octanol–water partition coefficient (Wildman–Crippen LogP) is 2.93. The molecule has 2 rings (SSSR count). The van der Waals surface area contributed by atoms with Crippen molar-refractivity contribution in [1.82, 2.24) is 0 Å². The molecule has 2 nitrogen and oxygen atoms in total. The molecule has 0 heterocycles. The summed E-state index contributed by atoms with van der Waals surface area (Å²) >= 11 is 1.48. The first-order chi connectivity index (χ1) is 7.57. The molecular weight excluding hydrogens is 227 g/mol. The van der Waals surface area contributed by atoms with Gasteiger partial charge in [-0.15, -0.1) is 11.8 Å². The fourth-order valence-electron chi connectivity index (χ4n) is 1.59. The highest BCUT2D eigenvalue weighted by atomic mass is 32.2. The van der Waals surface area contributed by atoms with Gasteiger partial charge in [-0.2, -0.15) is 0 Å². The molecule has 1 aromatic carbocycles. The van der Waals surface area contributed by atoms with Crippen LogP contribution in [0.4, 0.5) is 4.39 Å². The van der Waals surface area contributed by atoms with E-state index >= 15 is 0 Å². The lowest BCUT2D eigenvalue weighted by Crippen LogP contribution is -2.20. The van der Waals surface area contributed by atoms with Crippen LogP contribution in [-0.2, 0) is 9.53 Å². The fourth-order valence-corrected chi connectivity index (χ4v) is 2.84. The van der Waals surface area contributed by atoms with Gasteiger partial charge < -0.3 is 4.74 Å². The number of esters is 1. The number of methoxy groups -OCH3 is 1. The smallest absolute Gasteiger partial charge is 0.322 e. The van der Waals surface area contributed by atoms with E-state index in [1.165, 1.54) is 31.0 Å². The lowest BCUT2D eigenvalue weighted by atomic mass is 10.2. The van der Waals surface area contributed by atoms with E-state index in [2.05, 4.69) is 0 Å². The van der Waals surface area contributed by atoms with Gasteiger partial charge in [-0.05, 0) is 43.5 Å². The lowest BCUT2D eigenvalue weighted by Gasteiger charge is -2.13. The van der Waals surface area contributed by atoms with Crippen LogP contribution in [0.1, 0.15) is 18.4 Å². The summed E-state index contributed by atoms with van der Waals surface area (Å²) < 4.78 is 17.3. The minimum Gasteiger partial charge on any atom is -0.468 e. The summed E-state index contributed by atoms with van der Waals surface area (Å²) in [6.45, 7) is 1.85. The molecule has 0 unspecified atom stereocenters. The molecular formula is C12H13FO2S. The predicted molar refractivity (Wildman–Crippen MR) is 61.0 cm³/mol. The van der Waals surface area contributed by atoms with Gasteiger partial charge in [0.2, 0.25) is 0 Å². The standard InChI is InChI=1S/C12H13FO2S/c1-8-7-9(13)3-4-10(8)16-12(5-6-12)11(14)15-2/h3-4,7H,5-6H2,1-2H3. The molecule has 4 heteroatoms. The molecule has 1 aliphatic rings. The number of hydrogen-bond acceptors (Lipinski definition) is 3. The average molecular weight is 240 g/mol. The van der Waals surface area contributed by atoms with E-state index in [1.807, 2.05) is 6.92 Å². The van der Waals surface area contributed by atoms with E-state index in [9.17, 15) is 9.18 Å². The third-order valence-corrected chi connectivity index (χ3v) is 4.35. The van der Waals surface area contributed by atoms with Crippen molar-refractivity contribution in [3.8, 4) is 0 Å². The molecule has 0 saturated heterocycles. The van der Waals surface area contributed by atoms with Gasteiger partial charge in [0, 0.05) is 4.90 Å². The van der Waals surface area contributed by atoms with Crippen LogP contribution in [0.2, 0.25) is 0 Å². The first-order valence-electron chi connectivity index (χ1n) is 5.11. The minimum absolute atomic E-state index is 0.179. The Morgan fingerprint density at radius 2 is 2.19 bits per heavy atom. The average Bonchev–Trinajstić information content (AvgIpc) is 3.02. The summed E-state index contributed by atoms with van der Waals surface area (Å²) in [4.78, 5) is 12.5. The SMILES string of the molecule is COC(=O)C1(Sc2ccc(F)cc2C)CC1. The van der Waals surface area contributed by atoms with Crippen molar-refractivity contribution >= 4 is 17.7 Å². The van der Waals surface area contributed by atoms with Crippen molar-refractivity contribution < 1.29 is 13.9 Å². The van der Waals surface area contributed by atoms with Gasteiger partial charge in [0.25, 0.3) is 0 Å². The highest BCUT2D eigenvalue weighted by molar-refractivity contribution is 8.01. The number of halogens is 1. The number of thioether (sulfide) groups is 1. The second-order valence-corrected chi connectivity index (χ2v) is 5.42. The van der Waals surface area contributed by atoms with Crippen LogP contribution in [0.5, 0.6) is 0 Å². The second-order valence-electron chi connectivity index (χ2n) is 4.00. The van der Waals surface area contributed by atoms with Crippen molar-refractivity contribution in [2.75, 3.05) is 7.11 Å². The Balaban J connectivity index is 2.18. The molecule has 1 fully saturated rings. The van der Waals surface area contributed by atoms with E-state index in [1.54, 1.807) is 6.07 Å². The Labute approximate surface area is 98.2 Å². The highest BCUT2D eigenvalue weighted by Gasteiger charge is 2.52. The molecule has 0 spiro atoms. The first-order valence-corrected chi connectivity index (χ1v) is 5.93. The third-order valence-electron chi connectivity index (χ3n) is 2.70. The molecule has 0 N–H and O–H groups in total. The summed E-state index contributed by atoms with van der Waals surface area (Å²) in [6, 6.07) is 4.62. The molecule has 1 saturated carbocycles. The number of rotatable bonds is 3. The summed E-state index contributed by atoms with van der Waals surface area (Å²) in [5.74, 6) is -0.425. The summed E-state index contributed by atoms with van der Waals surface area (Å²) in [7, 11) is 1.40. The quantitative estimate of drug-likeness (QED) is 0.760. The molecule has 0 atom stereocenters. The lowest BCUT2D eigenvalue weighted by molar-refractivity contribution is -0.140. The van der Waals surface area contributed by atoms with Gasteiger partial charge in [0.05, 0.1) is 7.11 Å². The molecule has 0 aromatic heterocycles. The normalized spacial score (nSPS) is 16.9. The van der Waals surface area contributed by atoms with E-state index < -0.39 is 4.75 Å². The van der Waals surface area contributed by atoms with E-state index in [0.29, 0.717) is 0 Å². The molecule has 0 bridgehead atoms. The number of carbonyl (C=O) groups is 1. The van der Waals surface area contributed by atoms with Crippen LogP contribution in [0.15, 0.2) is 23.1 Å². The van der Waals surface area contributed by atoms with Gasteiger partial charge in [0.15, 0.2) is 0 Å². The van der Waals surface area contributed by atoms with Gasteiger partial charge >= 0.3 is 5.97 Å². The van der Waals surface area contributed by atoms with Gasteiger partial charge in [-0.25, -0.2) is 4.39 Å². The van der Waals surface area contributed by atoms with E-state index in [4.69, 9.17) is 4.74 Å². The number of ether oxygens (including phenoxy) is 1. The van der Waals surface area contributed by atoms with Gasteiger partial charge in [-0.3, -0.25) is 4.79 Å². The highest BCUT2D eigenvalue weighted by Crippen LogP contribution is 2.53. The number of aryl methyl sites for hydroxylation is 1. The molecule has 16 heavy (non-hydrogen) atoms. The fraction of sp³-hybridized carbons (Fsp3) is 0.417. The van der Waals surface area contributed by atoms with Gasteiger partial charge in [-0.1, -0.05) is 0 Å². The zero-order valence-electron chi connectivity index (χ0n) is 9.25. The van der Waals surface area contributed by atoms with E-state index in [-0.39, 0.29) is 11.8 Å². The third kappa shape index (κ3) is 2.07. The second kappa shape index (κ2) is 4.09. The molecule has 1 aliphatic carbocycles. The molecule has 0 radical (unpaired) electrons. The summed E-state index contributed by atoms with van der Waals surface area (Å²) in [5.41, 5.74) is 0.861. The Morgan fingerprint density at radius 1 is 1.50 bits per heavy atom. The summed E-state index contributed by atoms with van der Waals surface area (Å²) in [6.07, 6.45) is 1.67. The molecule has 0 aliphatic heterocycles. The zero-order chi connectivity index (χ0) is 11.8. The van der Waals surface area contributed by atoms with Crippen molar-refractivity contribution in [2.45, 2.75) is 29.4 Å². The number of benzene rings is 1. The zero-order valence-corrected chi connectivity index (χ0v) is 10.1. The number of hydrogen-bond donors (Lipinski definition) is 0. The van der Waals surface area contributed by atoms with Gasteiger partial charge in [0.1, 0.15) is 10.6 Å². The van der Waals surface area contributed by atoms with Crippen LogP contribution in [0, 0.1) is 12.7 Å². The number of carbonyl (C=O) groups excluding carboxylic acids is 1. The maximum absolute atomic E-state index is 12.9. The molecule has 86 valence electrons. The maximum Gasteiger partial charge on any atom is 0.322 e. The molecule has 0 amide bonds. The van der Waals surface area contributed by atoms with Crippen molar-refractivity contribution in [3.05, 3.63) is 29.6 Å². The summed E-state index contributed by atoms with van der Waals surface area (Å²) in [5, 5.41) is 0. The van der Waals surface area contributed by atoms with Crippen molar-refractivity contribution in [3.63, 3.8) is 0 Å².